The molecular weight excluding hydrogens is 430 g/mol. The lowest BCUT2D eigenvalue weighted by Crippen LogP contribution is -2.48. The van der Waals surface area contributed by atoms with Crippen LogP contribution in [0.25, 0.3) is 0 Å². The molecule has 1 aliphatic heterocycles. The largest absolute Gasteiger partial charge is 0.452 e. The van der Waals surface area contributed by atoms with E-state index in [1.807, 2.05) is 5.32 Å². The molecule has 1 aromatic rings. The van der Waals surface area contributed by atoms with Gasteiger partial charge in [0.05, 0.1) is 29.3 Å². The van der Waals surface area contributed by atoms with Crippen molar-refractivity contribution in [1.29, 1.82) is 0 Å². The first kappa shape index (κ1) is 24.7. The number of imide groups is 1. The maximum absolute atomic E-state index is 12.9. The van der Waals surface area contributed by atoms with E-state index in [4.69, 9.17) is 14.2 Å². The number of morpholine rings is 1. The van der Waals surface area contributed by atoms with Gasteiger partial charge in [-0.25, -0.2) is 18.0 Å². The van der Waals surface area contributed by atoms with Gasteiger partial charge in [-0.3, -0.25) is 10.1 Å². The predicted molar refractivity (Wildman–Crippen MR) is 109 cm³/mol. The SMILES string of the molecule is COCCNC(=O)NC(=O)COC(=O)c1cccc(S(=O)(=O)N2CC(C)OC(C)C2)c1. The number of rotatable bonds is 8. The summed E-state index contributed by atoms with van der Waals surface area (Å²) in [6.45, 7) is 3.76. The van der Waals surface area contributed by atoms with Crippen LogP contribution >= 0.6 is 0 Å². The number of nitrogens with one attached hydrogen (secondary N) is 2. The van der Waals surface area contributed by atoms with Gasteiger partial charge in [0.15, 0.2) is 6.61 Å². The lowest BCUT2D eigenvalue weighted by atomic mass is 10.2. The highest BCUT2D eigenvalue weighted by molar-refractivity contribution is 7.89. The number of sulfonamides is 1. The molecule has 1 heterocycles. The normalized spacial score (nSPS) is 19.5. The molecule has 0 bridgehead atoms. The van der Waals surface area contributed by atoms with Crippen molar-refractivity contribution < 1.29 is 37.0 Å². The molecule has 11 nitrogen and oxygen atoms in total. The first-order valence-corrected chi connectivity index (χ1v) is 11.1. The van der Waals surface area contributed by atoms with Gasteiger partial charge in [0.1, 0.15) is 0 Å². The van der Waals surface area contributed by atoms with Crippen LogP contribution in [0, 0.1) is 0 Å². The second kappa shape index (κ2) is 11.2. The van der Waals surface area contributed by atoms with Crippen molar-refractivity contribution in [3.63, 3.8) is 0 Å². The molecule has 1 aliphatic rings. The van der Waals surface area contributed by atoms with Crippen LogP contribution in [0.2, 0.25) is 0 Å². The molecule has 0 spiro atoms. The molecule has 0 aromatic heterocycles. The Bertz CT molecular complexity index is 895. The third-order valence-electron chi connectivity index (χ3n) is 4.27. The summed E-state index contributed by atoms with van der Waals surface area (Å²) in [6.07, 6.45) is -0.506. The summed E-state index contributed by atoms with van der Waals surface area (Å²) in [5.74, 6) is -1.72. The lowest BCUT2D eigenvalue weighted by molar-refractivity contribution is -0.123. The molecule has 3 amide bonds. The third-order valence-corrected chi connectivity index (χ3v) is 6.10. The van der Waals surface area contributed by atoms with E-state index in [-0.39, 0.29) is 48.9 Å². The average Bonchev–Trinajstić information content (AvgIpc) is 2.71. The summed E-state index contributed by atoms with van der Waals surface area (Å²) in [6, 6.07) is 4.62. The van der Waals surface area contributed by atoms with E-state index in [1.165, 1.54) is 35.7 Å². The van der Waals surface area contributed by atoms with Gasteiger partial charge in [-0.15, -0.1) is 0 Å². The topological polar surface area (TPSA) is 140 Å². The van der Waals surface area contributed by atoms with Gasteiger partial charge < -0.3 is 19.5 Å². The number of benzene rings is 1. The fourth-order valence-corrected chi connectivity index (χ4v) is 4.58. The van der Waals surface area contributed by atoms with E-state index < -0.39 is 34.5 Å². The average molecular weight is 458 g/mol. The van der Waals surface area contributed by atoms with Gasteiger partial charge in [-0.05, 0) is 32.0 Å². The molecule has 0 radical (unpaired) electrons. The monoisotopic (exact) mass is 457 g/mol. The van der Waals surface area contributed by atoms with Crippen LogP contribution in [0.3, 0.4) is 0 Å². The molecule has 2 N–H and O–H groups in total. The maximum Gasteiger partial charge on any atom is 0.338 e. The van der Waals surface area contributed by atoms with Crippen molar-refractivity contribution in [3.05, 3.63) is 29.8 Å². The number of carbonyl (C=O) groups is 3. The molecule has 0 aliphatic carbocycles. The number of carbonyl (C=O) groups excluding carboxylic acids is 3. The van der Waals surface area contributed by atoms with E-state index in [0.29, 0.717) is 0 Å². The standard InChI is InChI=1S/C19H27N3O8S/c1-13-10-22(11-14(2)30-13)31(26,27)16-6-4-5-15(9-16)18(24)29-12-17(23)21-19(25)20-7-8-28-3/h4-6,9,13-14H,7-8,10-12H2,1-3H3,(H2,20,21,23,25). The Hall–Kier alpha value is -2.54. The van der Waals surface area contributed by atoms with Crippen molar-refractivity contribution >= 4 is 27.9 Å². The van der Waals surface area contributed by atoms with E-state index in [9.17, 15) is 22.8 Å². The minimum atomic E-state index is -3.84. The summed E-state index contributed by atoms with van der Waals surface area (Å²) in [7, 11) is -2.37. The zero-order chi connectivity index (χ0) is 23.0. The molecule has 2 unspecified atom stereocenters. The zero-order valence-corrected chi connectivity index (χ0v) is 18.4. The number of ether oxygens (including phenoxy) is 3. The minimum absolute atomic E-state index is 0.0345. The zero-order valence-electron chi connectivity index (χ0n) is 17.6. The summed E-state index contributed by atoms with van der Waals surface area (Å²) in [4.78, 5) is 35.4. The molecule has 31 heavy (non-hydrogen) atoms. The molecule has 1 aromatic carbocycles. The quantitative estimate of drug-likeness (QED) is 0.414. The van der Waals surface area contributed by atoms with Gasteiger partial charge in [0, 0.05) is 26.7 Å². The van der Waals surface area contributed by atoms with Crippen LogP contribution in [0.15, 0.2) is 29.2 Å². The number of hydrogen-bond donors (Lipinski definition) is 2. The Balaban J connectivity index is 1.97. The predicted octanol–water partition coefficient (Wildman–Crippen LogP) is 0.114. The van der Waals surface area contributed by atoms with Crippen LogP contribution in [-0.2, 0) is 29.0 Å². The number of hydrogen-bond acceptors (Lipinski definition) is 8. The first-order chi connectivity index (χ1) is 14.6. The van der Waals surface area contributed by atoms with Crippen molar-refractivity contribution in [1.82, 2.24) is 14.9 Å². The number of urea groups is 1. The van der Waals surface area contributed by atoms with Crippen LogP contribution in [0.4, 0.5) is 4.79 Å². The maximum atomic E-state index is 12.9. The van der Waals surface area contributed by atoms with Gasteiger partial charge in [0.2, 0.25) is 10.0 Å². The Morgan fingerprint density at radius 3 is 2.52 bits per heavy atom. The molecule has 172 valence electrons. The second-order valence-corrected chi connectivity index (χ2v) is 8.92. The number of nitrogens with zero attached hydrogens (tertiary/aromatic N) is 1. The van der Waals surface area contributed by atoms with Crippen LogP contribution in [-0.4, -0.2) is 82.8 Å². The fourth-order valence-electron chi connectivity index (χ4n) is 2.95. The van der Waals surface area contributed by atoms with Crippen molar-refractivity contribution in [3.8, 4) is 0 Å². The highest BCUT2D eigenvalue weighted by atomic mass is 32.2. The summed E-state index contributed by atoms with van der Waals surface area (Å²) in [5.41, 5.74) is -0.0345. The van der Waals surface area contributed by atoms with E-state index in [2.05, 4.69) is 5.32 Å². The summed E-state index contributed by atoms with van der Waals surface area (Å²) >= 11 is 0. The Labute approximate surface area is 181 Å². The third kappa shape index (κ3) is 7.28. The van der Waals surface area contributed by atoms with Crippen LogP contribution < -0.4 is 10.6 Å². The van der Waals surface area contributed by atoms with Gasteiger partial charge in [0.25, 0.3) is 5.91 Å². The molecular formula is C19H27N3O8S. The van der Waals surface area contributed by atoms with Crippen LogP contribution in [0.5, 0.6) is 0 Å². The summed E-state index contributed by atoms with van der Waals surface area (Å²) < 4.78 is 42.4. The van der Waals surface area contributed by atoms with E-state index in [1.54, 1.807) is 13.8 Å². The van der Waals surface area contributed by atoms with Gasteiger partial charge >= 0.3 is 12.0 Å². The Morgan fingerprint density at radius 1 is 1.19 bits per heavy atom. The van der Waals surface area contributed by atoms with Crippen LogP contribution in [0.1, 0.15) is 24.2 Å². The molecule has 2 rings (SSSR count). The smallest absolute Gasteiger partial charge is 0.338 e. The van der Waals surface area contributed by atoms with Gasteiger partial charge in [-0.1, -0.05) is 6.07 Å². The Kier molecular flexibility index (Phi) is 8.92. The molecule has 1 saturated heterocycles. The highest BCUT2D eigenvalue weighted by Gasteiger charge is 2.32. The van der Waals surface area contributed by atoms with Crippen molar-refractivity contribution in [2.45, 2.75) is 31.0 Å². The highest BCUT2D eigenvalue weighted by Crippen LogP contribution is 2.22. The number of methoxy groups -OCH3 is 1. The van der Waals surface area contributed by atoms with E-state index in [0.717, 1.165) is 0 Å². The second-order valence-electron chi connectivity index (χ2n) is 6.98. The summed E-state index contributed by atoms with van der Waals surface area (Å²) in [5, 5.41) is 4.37. The lowest BCUT2D eigenvalue weighted by Gasteiger charge is -2.34. The minimum Gasteiger partial charge on any atom is -0.452 e. The molecule has 12 heteroatoms. The van der Waals surface area contributed by atoms with E-state index >= 15 is 0 Å². The fraction of sp³-hybridized carbons (Fsp3) is 0.526. The van der Waals surface area contributed by atoms with Gasteiger partial charge in [-0.2, -0.15) is 4.31 Å². The first-order valence-electron chi connectivity index (χ1n) is 9.63. The molecule has 2 atom stereocenters. The number of esters is 1. The molecule has 0 saturated carbocycles. The Morgan fingerprint density at radius 2 is 1.87 bits per heavy atom. The molecule has 1 fully saturated rings. The number of amides is 3. The van der Waals surface area contributed by atoms with Crippen molar-refractivity contribution in [2.75, 3.05) is 40.0 Å². The van der Waals surface area contributed by atoms with Crippen molar-refractivity contribution in [2.24, 2.45) is 0 Å².